The van der Waals surface area contributed by atoms with E-state index < -0.39 is 0 Å². The molecule has 0 aromatic rings. The maximum absolute atomic E-state index is 3.88. The smallest absolute Gasteiger partial charge is 0.0273 e. The van der Waals surface area contributed by atoms with E-state index in [-0.39, 0.29) is 0 Å². The van der Waals surface area contributed by atoms with E-state index >= 15 is 0 Å². The van der Waals surface area contributed by atoms with Crippen LogP contribution >= 0.6 is 0 Å². The van der Waals surface area contributed by atoms with Crippen molar-refractivity contribution in [1.82, 2.24) is 0 Å². The number of allylic oxidation sites excluding steroid dienone is 2. The monoisotopic (exact) mass is 125 g/mol. The Morgan fingerprint density at radius 1 is 1.33 bits per heavy atom. The Hall–Kier alpha value is -0.590. The van der Waals surface area contributed by atoms with Crippen molar-refractivity contribution in [3.05, 3.63) is 12.2 Å². The fourth-order valence-electron chi connectivity index (χ4n) is 0.623. The first-order valence-corrected chi connectivity index (χ1v) is 3.43. The molecule has 0 saturated heterocycles. The van der Waals surface area contributed by atoms with Crippen molar-refractivity contribution in [3.63, 3.8) is 0 Å². The summed E-state index contributed by atoms with van der Waals surface area (Å²) in [5.74, 6) is 0. The molecule has 0 N–H and O–H groups in total. The summed E-state index contributed by atoms with van der Waals surface area (Å²) >= 11 is 0. The summed E-state index contributed by atoms with van der Waals surface area (Å²) in [6.07, 6.45) is 9.75. The van der Waals surface area contributed by atoms with Gasteiger partial charge in [-0.3, -0.25) is 0 Å². The molecule has 0 aliphatic carbocycles. The van der Waals surface area contributed by atoms with Gasteiger partial charge in [0.2, 0.25) is 0 Å². The maximum Gasteiger partial charge on any atom is 0.0273 e. The number of nitrogens with zero attached hydrogens (tertiary/aromatic N) is 1. The first-order chi connectivity index (χ1) is 4.41. The SMILES string of the molecule is C/C=C\CCCC=NC. The fraction of sp³-hybridized carbons (Fsp3) is 0.625. The Morgan fingerprint density at radius 2 is 2.11 bits per heavy atom. The molecule has 0 bridgehead atoms. The molecule has 9 heavy (non-hydrogen) atoms. The molecular weight excluding hydrogens is 110 g/mol. The standard InChI is InChI=1S/C8H15N/c1-3-4-5-6-7-8-9-2/h3-4,8H,5-7H2,1-2H3/b4-3-,9-8?. The number of aliphatic imine (C=N–C) groups is 1. The Balaban J connectivity index is 2.91. The molecule has 0 rings (SSSR count). The first-order valence-electron chi connectivity index (χ1n) is 3.43. The van der Waals surface area contributed by atoms with Crippen molar-refractivity contribution < 1.29 is 0 Å². The average Bonchev–Trinajstić information content (AvgIpc) is 1.89. The number of unbranched alkanes of at least 4 members (excludes halogenated alkanes) is 2. The number of hydrogen-bond donors (Lipinski definition) is 0. The summed E-state index contributed by atoms with van der Waals surface area (Å²) in [5, 5.41) is 0. The predicted molar refractivity (Wildman–Crippen MR) is 43.1 cm³/mol. The third-order valence-electron chi connectivity index (χ3n) is 1.12. The van der Waals surface area contributed by atoms with Crippen LogP contribution in [0.2, 0.25) is 0 Å². The van der Waals surface area contributed by atoms with Crippen molar-refractivity contribution in [2.75, 3.05) is 7.05 Å². The summed E-state index contributed by atoms with van der Waals surface area (Å²) in [6, 6.07) is 0. The lowest BCUT2D eigenvalue weighted by molar-refractivity contribution is 0.901. The molecule has 0 aliphatic rings. The summed E-state index contributed by atoms with van der Waals surface area (Å²) in [4.78, 5) is 3.88. The van der Waals surface area contributed by atoms with Crippen LogP contribution in [0.25, 0.3) is 0 Å². The van der Waals surface area contributed by atoms with Gasteiger partial charge < -0.3 is 4.99 Å². The van der Waals surface area contributed by atoms with E-state index in [1.54, 1.807) is 0 Å². The van der Waals surface area contributed by atoms with E-state index in [1.165, 1.54) is 12.8 Å². The molecule has 0 aromatic heterocycles. The van der Waals surface area contributed by atoms with Gasteiger partial charge in [0, 0.05) is 7.05 Å². The highest BCUT2D eigenvalue weighted by Crippen LogP contribution is 1.93. The highest BCUT2D eigenvalue weighted by atomic mass is 14.6. The molecule has 0 fully saturated rings. The Kier molecular flexibility index (Phi) is 6.92. The normalized spacial score (nSPS) is 11.8. The van der Waals surface area contributed by atoms with E-state index in [2.05, 4.69) is 17.1 Å². The van der Waals surface area contributed by atoms with Gasteiger partial charge in [-0.1, -0.05) is 12.2 Å². The minimum Gasteiger partial charge on any atom is -0.301 e. The van der Waals surface area contributed by atoms with Crippen molar-refractivity contribution in [2.24, 2.45) is 4.99 Å². The van der Waals surface area contributed by atoms with Crippen LogP contribution in [0.15, 0.2) is 17.1 Å². The van der Waals surface area contributed by atoms with Gasteiger partial charge in [-0.2, -0.15) is 0 Å². The summed E-state index contributed by atoms with van der Waals surface area (Å²) in [7, 11) is 1.82. The van der Waals surface area contributed by atoms with Crippen molar-refractivity contribution in [2.45, 2.75) is 26.2 Å². The molecule has 0 heterocycles. The van der Waals surface area contributed by atoms with Gasteiger partial charge in [0.25, 0.3) is 0 Å². The molecule has 1 nitrogen and oxygen atoms in total. The number of rotatable bonds is 4. The van der Waals surface area contributed by atoms with Crippen LogP contribution in [-0.4, -0.2) is 13.3 Å². The highest BCUT2D eigenvalue weighted by molar-refractivity contribution is 5.56. The quantitative estimate of drug-likeness (QED) is 0.311. The minimum atomic E-state index is 1.11. The molecule has 0 aliphatic heterocycles. The zero-order valence-corrected chi connectivity index (χ0v) is 6.30. The summed E-state index contributed by atoms with van der Waals surface area (Å²) < 4.78 is 0. The van der Waals surface area contributed by atoms with Crippen LogP contribution in [-0.2, 0) is 0 Å². The molecule has 52 valence electrons. The fourth-order valence-corrected chi connectivity index (χ4v) is 0.623. The Morgan fingerprint density at radius 3 is 2.67 bits per heavy atom. The summed E-state index contributed by atoms with van der Waals surface area (Å²) in [6.45, 7) is 2.05. The van der Waals surface area contributed by atoms with Crippen molar-refractivity contribution in [3.8, 4) is 0 Å². The number of hydrogen-bond acceptors (Lipinski definition) is 1. The van der Waals surface area contributed by atoms with Crippen molar-refractivity contribution >= 4 is 6.21 Å². The second kappa shape index (κ2) is 7.41. The lowest BCUT2D eigenvalue weighted by Crippen LogP contribution is -1.74. The van der Waals surface area contributed by atoms with Crippen LogP contribution in [0.1, 0.15) is 26.2 Å². The highest BCUT2D eigenvalue weighted by Gasteiger charge is 1.77. The third kappa shape index (κ3) is 7.41. The van der Waals surface area contributed by atoms with Gasteiger partial charge in [0.1, 0.15) is 0 Å². The lowest BCUT2D eigenvalue weighted by atomic mass is 10.2. The minimum absolute atomic E-state index is 1.11. The topological polar surface area (TPSA) is 12.4 Å². The van der Waals surface area contributed by atoms with Crippen molar-refractivity contribution in [1.29, 1.82) is 0 Å². The zero-order chi connectivity index (χ0) is 6.95. The molecule has 0 saturated carbocycles. The Bertz CT molecular complexity index is 80.7. The molecule has 0 atom stereocenters. The zero-order valence-electron chi connectivity index (χ0n) is 6.30. The lowest BCUT2D eigenvalue weighted by Gasteiger charge is -1.86. The van der Waals surface area contributed by atoms with Crippen LogP contribution in [0.5, 0.6) is 0 Å². The van der Waals surface area contributed by atoms with Gasteiger partial charge in [-0.25, -0.2) is 0 Å². The molecule has 0 spiro atoms. The van der Waals surface area contributed by atoms with E-state index in [4.69, 9.17) is 0 Å². The maximum atomic E-state index is 3.88. The van der Waals surface area contributed by atoms with Crippen LogP contribution in [0.3, 0.4) is 0 Å². The van der Waals surface area contributed by atoms with E-state index in [0.717, 1.165) is 6.42 Å². The Labute approximate surface area is 57.5 Å². The van der Waals surface area contributed by atoms with Gasteiger partial charge in [0.05, 0.1) is 0 Å². The first kappa shape index (κ1) is 8.41. The van der Waals surface area contributed by atoms with Crippen LogP contribution in [0, 0.1) is 0 Å². The molecule has 0 amide bonds. The third-order valence-corrected chi connectivity index (χ3v) is 1.12. The van der Waals surface area contributed by atoms with E-state index in [1.807, 2.05) is 20.2 Å². The molecule has 0 aromatic carbocycles. The van der Waals surface area contributed by atoms with Gasteiger partial charge in [-0.15, -0.1) is 0 Å². The molecular formula is C8H15N. The largest absolute Gasteiger partial charge is 0.301 e. The molecule has 0 unspecified atom stereocenters. The van der Waals surface area contributed by atoms with Gasteiger partial charge in [0.15, 0.2) is 0 Å². The average molecular weight is 125 g/mol. The van der Waals surface area contributed by atoms with E-state index in [9.17, 15) is 0 Å². The molecule has 1 heteroatoms. The second-order valence-corrected chi connectivity index (χ2v) is 1.94. The van der Waals surface area contributed by atoms with Crippen LogP contribution < -0.4 is 0 Å². The molecule has 0 radical (unpaired) electrons. The second-order valence-electron chi connectivity index (χ2n) is 1.94. The van der Waals surface area contributed by atoms with Gasteiger partial charge >= 0.3 is 0 Å². The van der Waals surface area contributed by atoms with E-state index in [0.29, 0.717) is 0 Å². The predicted octanol–water partition coefficient (Wildman–Crippen LogP) is 2.43. The summed E-state index contributed by atoms with van der Waals surface area (Å²) in [5.41, 5.74) is 0. The van der Waals surface area contributed by atoms with Crippen LogP contribution in [0.4, 0.5) is 0 Å². The van der Waals surface area contributed by atoms with Gasteiger partial charge in [-0.05, 0) is 32.4 Å².